The Morgan fingerprint density at radius 3 is 1.23 bits per heavy atom. The van der Waals surface area contributed by atoms with Gasteiger partial charge < -0.3 is 38.6 Å². The molecule has 2 heterocycles. The van der Waals surface area contributed by atoms with Crippen molar-refractivity contribution in [3.63, 3.8) is 0 Å². The van der Waals surface area contributed by atoms with Gasteiger partial charge in [0.05, 0.1) is 31.8 Å². The van der Waals surface area contributed by atoms with Crippen LogP contribution in [-0.2, 0) is 74.5 Å². The van der Waals surface area contributed by atoms with Crippen molar-refractivity contribution in [1.82, 2.24) is 0 Å². The summed E-state index contributed by atoms with van der Waals surface area (Å²) in [6, 6.07) is 8.03. The van der Waals surface area contributed by atoms with Gasteiger partial charge in [0, 0.05) is 23.7 Å². The van der Waals surface area contributed by atoms with Crippen molar-refractivity contribution in [3.8, 4) is 11.5 Å². The Morgan fingerprint density at radius 1 is 0.596 bits per heavy atom. The molecule has 2 aromatic rings. The van der Waals surface area contributed by atoms with Gasteiger partial charge in [-0.2, -0.15) is 0 Å². The smallest absolute Gasteiger partial charge is 0.306 e. The monoisotopic (exact) mass is 797 g/mol. The number of aromatic hydroxyl groups is 2. The summed E-state index contributed by atoms with van der Waals surface area (Å²) in [5.74, 6) is 0.127. The highest BCUT2D eigenvalue weighted by Gasteiger charge is 2.48. The molecular weight excluding hydrogens is 725 g/mol. The zero-order chi connectivity index (χ0) is 42.4. The van der Waals surface area contributed by atoms with Gasteiger partial charge in [-0.15, -0.1) is 0 Å². The van der Waals surface area contributed by atoms with E-state index in [2.05, 4.69) is 55.4 Å². The second-order valence-electron chi connectivity index (χ2n) is 20.0. The third kappa shape index (κ3) is 12.4. The van der Waals surface area contributed by atoms with Crippen molar-refractivity contribution < 1.29 is 48.2 Å². The third-order valence-electron chi connectivity index (χ3n) is 11.0. The van der Waals surface area contributed by atoms with E-state index in [4.69, 9.17) is 28.4 Å². The van der Waals surface area contributed by atoms with E-state index < -0.39 is 28.8 Å². The van der Waals surface area contributed by atoms with E-state index in [9.17, 15) is 19.8 Å². The van der Waals surface area contributed by atoms with Crippen molar-refractivity contribution in [2.45, 2.75) is 158 Å². The quantitative estimate of drug-likeness (QED) is 0.159. The SMILES string of the molecule is CCCc1cc(CCC(=O)OCC(C)(C)C2OCC3(CO2)COC(C(C)(C)COC(=O)CCc2cc(CCC)c(O)c(C(C)(C)C)c2)OC3)cc(C(C)(C)C)c1O. The van der Waals surface area contributed by atoms with Crippen molar-refractivity contribution in [3.05, 3.63) is 57.6 Å². The molecule has 0 unspecified atom stereocenters. The fourth-order valence-corrected chi connectivity index (χ4v) is 7.44. The van der Waals surface area contributed by atoms with Crippen LogP contribution >= 0.6 is 0 Å². The number of hydrogen-bond acceptors (Lipinski definition) is 10. The molecule has 1 spiro atoms. The lowest BCUT2D eigenvalue weighted by molar-refractivity contribution is -0.337. The molecule has 0 aliphatic carbocycles. The molecule has 10 nitrogen and oxygen atoms in total. The van der Waals surface area contributed by atoms with Crippen LogP contribution in [0.3, 0.4) is 0 Å². The molecule has 0 saturated carbocycles. The van der Waals surface area contributed by atoms with Crippen molar-refractivity contribution in [1.29, 1.82) is 0 Å². The maximum atomic E-state index is 12.9. The fourth-order valence-electron chi connectivity index (χ4n) is 7.44. The van der Waals surface area contributed by atoms with Crippen LogP contribution in [0.25, 0.3) is 0 Å². The Bertz CT molecular complexity index is 1540. The minimum absolute atomic E-state index is 0.141. The van der Waals surface area contributed by atoms with Crippen LogP contribution in [0.4, 0.5) is 0 Å². The van der Waals surface area contributed by atoms with E-state index in [1.807, 2.05) is 52.0 Å². The highest BCUT2D eigenvalue weighted by Crippen LogP contribution is 2.40. The topological polar surface area (TPSA) is 130 Å². The summed E-state index contributed by atoms with van der Waals surface area (Å²) in [6.45, 7) is 26.2. The second kappa shape index (κ2) is 18.8. The largest absolute Gasteiger partial charge is 0.507 e. The number of benzene rings is 2. The summed E-state index contributed by atoms with van der Waals surface area (Å²) < 4.78 is 36.4. The Labute approximate surface area is 342 Å². The van der Waals surface area contributed by atoms with E-state index in [1.165, 1.54) is 0 Å². The molecule has 10 heteroatoms. The highest BCUT2D eigenvalue weighted by atomic mass is 16.7. The van der Waals surface area contributed by atoms with Gasteiger partial charge in [0.2, 0.25) is 0 Å². The van der Waals surface area contributed by atoms with Crippen molar-refractivity contribution in [2.75, 3.05) is 39.6 Å². The number of carbonyl (C=O) groups excluding carboxylic acids is 2. The maximum absolute atomic E-state index is 12.9. The minimum atomic E-state index is -0.594. The van der Waals surface area contributed by atoms with Crippen LogP contribution in [0, 0.1) is 16.2 Å². The number of phenols is 2. The Hall–Kier alpha value is -3.18. The molecule has 4 rings (SSSR count). The van der Waals surface area contributed by atoms with Gasteiger partial charge in [0.25, 0.3) is 0 Å². The molecule has 2 N–H and O–H groups in total. The first-order valence-corrected chi connectivity index (χ1v) is 21.0. The fraction of sp³-hybridized carbons (Fsp3) is 0.702. The standard InChI is InChI=1S/C47H72O10/c1-13-15-33-21-31(23-35(39(33)50)43(3,4)5)17-19-37(48)52-25-45(9,10)41-54-27-47(28-55-41)29-56-42(57-30-47)46(11,12)26-53-38(49)20-18-32-22-34(16-14-2)40(51)36(24-32)44(6,7)8/h21-24,41-42,50-51H,13-20,25-30H2,1-12H3. The first-order valence-electron chi connectivity index (χ1n) is 21.0. The van der Waals surface area contributed by atoms with Crippen LogP contribution in [0.15, 0.2) is 24.3 Å². The molecular formula is C47H72O10. The van der Waals surface area contributed by atoms with E-state index >= 15 is 0 Å². The van der Waals surface area contributed by atoms with Gasteiger partial charge in [-0.25, -0.2) is 0 Å². The minimum Gasteiger partial charge on any atom is -0.507 e. The van der Waals surface area contributed by atoms with Crippen molar-refractivity contribution in [2.24, 2.45) is 16.2 Å². The molecule has 0 atom stereocenters. The molecule has 2 aromatic carbocycles. The number of esters is 2. The van der Waals surface area contributed by atoms with E-state index in [0.29, 0.717) is 50.8 Å². The first-order chi connectivity index (χ1) is 26.5. The van der Waals surface area contributed by atoms with Gasteiger partial charge in [-0.3, -0.25) is 9.59 Å². The van der Waals surface area contributed by atoms with Crippen LogP contribution < -0.4 is 0 Å². The predicted octanol–water partition coefficient (Wildman–Crippen LogP) is 9.03. The van der Waals surface area contributed by atoms with E-state index in [-0.39, 0.29) is 48.8 Å². The molecule has 2 fully saturated rings. The first kappa shape index (κ1) is 46.5. The summed E-state index contributed by atoms with van der Waals surface area (Å²) in [5.41, 5.74) is 3.55. The zero-order valence-corrected chi connectivity index (χ0v) is 37.0. The summed E-state index contributed by atoms with van der Waals surface area (Å²) in [7, 11) is 0. The summed E-state index contributed by atoms with van der Waals surface area (Å²) in [5, 5.41) is 21.7. The van der Waals surface area contributed by atoms with Gasteiger partial charge in [-0.05, 0) is 69.9 Å². The number of hydrogen-bond donors (Lipinski definition) is 2. The lowest BCUT2D eigenvalue weighted by Crippen LogP contribution is -2.57. The normalized spacial score (nSPS) is 20.8. The van der Waals surface area contributed by atoms with Gasteiger partial charge in [0.1, 0.15) is 24.7 Å². The summed E-state index contributed by atoms with van der Waals surface area (Å²) in [4.78, 5) is 25.8. The van der Waals surface area contributed by atoms with Gasteiger partial charge in [0.15, 0.2) is 12.6 Å². The van der Waals surface area contributed by atoms with Crippen LogP contribution in [0.2, 0.25) is 0 Å². The Balaban J connectivity index is 1.21. The lowest BCUT2D eigenvalue weighted by Gasteiger charge is -2.48. The lowest BCUT2D eigenvalue weighted by atomic mass is 9.83. The molecule has 2 saturated heterocycles. The summed E-state index contributed by atoms with van der Waals surface area (Å²) in [6.07, 6.45) is 3.76. The number of phenolic OH excluding ortho intramolecular Hbond substituents is 2. The molecule has 0 amide bonds. The molecule has 57 heavy (non-hydrogen) atoms. The number of aryl methyl sites for hydroxylation is 4. The zero-order valence-electron chi connectivity index (χ0n) is 37.0. The van der Waals surface area contributed by atoms with Crippen LogP contribution in [-0.4, -0.2) is 74.4 Å². The molecule has 320 valence electrons. The Morgan fingerprint density at radius 2 is 0.930 bits per heavy atom. The summed E-state index contributed by atoms with van der Waals surface area (Å²) >= 11 is 0. The average Bonchev–Trinajstić information content (AvgIpc) is 3.13. The third-order valence-corrected chi connectivity index (χ3v) is 11.0. The Kier molecular flexibility index (Phi) is 15.4. The molecule has 0 radical (unpaired) electrons. The molecule has 0 aromatic heterocycles. The molecule has 2 aliphatic rings. The number of rotatable bonds is 16. The van der Waals surface area contributed by atoms with Crippen LogP contribution in [0.5, 0.6) is 11.5 Å². The average molecular weight is 797 g/mol. The van der Waals surface area contributed by atoms with Crippen LogP contribution in [0.1, 0.15) is 142 Å². The van der Waals surface area contributed by atoms with Gasteiger partial charge in [-0.1, -0.05) is 120 Å². The predicted molar refractivity (Wildman–Crippen MR) is 222 cm³/mol. The highest BCUT2D eigenvalue weighted by molar-refractivity contribution is 5.70. The maximum Gasteiger partial charge on any atom is 0.306 e. The van der Waals surface area contributed by atoms with E-state index in [1.54, 1.807) is 0 Å². The number of ether oxygens (including phenoxy) is 6. The van der Waals surface area contributed by atoms with E-state index in [0.717, 1.165) is 59.1 Å². The van der Waals surface area contributed by atoms with Crippen molar-refractivity contribution >= 4 is 11.9 Å². The van der Waals surface area contributed by atoms with Gasteiger partial charge >= 0.3 is 11.9 Å². The number of carbonyl (C=O) groups is 2. The molecule has 0 bridgehead atoms. The second-order valence-corrected chi connectivity index (χ2v) is 20.0. The molecule has 2 aliphatic heterocycles.